The number of rotatable bonds is 5. The molecule has 0 saturated heterocycles. The van der Waals surface area contributed by atoms with Gasteiger partial charge in [0.15, 0.2) is 0 Å². The van der Waals surface area contributed by atoms with Gasteiger partial charge in [0.2, 0.25) is 0 Å². The van der Waals surface area contributed by atoms with E-state index in [9.17, 15) is 5.11 Å². The largest absolute Gasteiger partial charge is 0.506 e. The van der Waals surface area contributed by atoms with Crippen molar-refractivity contribution in [1.82, 2.24) is 4.98 Å². The van der Waals surface area contributed by atoms with Crippen molar-refractivity contribution in [2.24, 2.45) is 0 Å². The van der Waals surface area contributed by atoms with Gasteiger partial charge in [-0.15, -0.1) is 0 Å². The first-order valence-electron chi connectivity index (χ1n) is 8.13. The van der Waals surface area contributed by atoms with Gasteiger partial charge in [0.25, 0.3) is 0 Å². The number of anilines is 2. The second-order valence-corrected chi connectivity index (χ2v) is 5.88. The number of aryl methyl sites for hydroxylation is 2. The van der Waals surface area contributed by atoms with Crippen LogP contribution < -0.4 is 5.32 Å². The SMILES string of the molecule is CCCCc1cnc2c(O)cccc2c1Nc1ccccc1C. The van der Waals surface area contributed by atoms with Gasteiger partial charge < -0.3 is 10.4 Å². The molecular formula is C20H22N2O. The number of fused-ring (bicyclic) bond motifs is 1. The van der Waals surface area contributed by atoms with Crippen LogP contribution in [-0.4, -0.2) is 10.1 Å². The number of phenolic OH excluding ortho intramolecular Hbond substituents is 1. The third-order valence-corrected chi connectivity index (χ3v) is 4.16. The molecule has 0 spiro atoms. The highest BCUT2D eigenvalue weighted by atomic mass is 16.3. The lowest BCUT2D eigenvalue weighted by Crippen LogP contribution is -2.00. The van der Waals surface area contributed by atoms with E-state index in [1.54, 1.807) is 6.07 Å². The van der Waals surface area contributed by atoms with Crippen LogP contribution >= 0.6 is 0 Å². The highest BCUT2D eigenvalue weighted by Gasteiger charge is 2.12. The average Bonchev–Trinajstić information content (AvgIpc) is 2.56. The normalized spacial score (nSPS) is 10.9. The van der Waals surface area contributed by atoms with Crippen LogP contribution in [0.4, 0.5) is 11.4 Å². The molecule has 3 heteroatoms. The number of unbranched alkanes of at least 4 members (excludes halogenated alkanes) is 1. The van der Waals surface area contributed by atoms with E-state index in [0.29, 0.717) is 5.52 Å². The number of nitrogens with one attached hydrogen (secondary N) is 1. The van der Waals surface area contributed by atoms with Gasteiger partial charge in [0.1, 0.15) is 11.3 Å². The first kappa shape index (κ1) is 15.3. The number of aromatic hydroxyl groups is 1. The molecule has 0 saturated carbocycles. The lowest BCUT2D eigenvalue weighted by molar-refractivity contribution is 0.480. The quantitative estimate of drug-likeness (QED) is 0.669. The lowest BCUT2D eigenvalue weighted by atomic mass is 10.0. The van der Waals surface area contributed by atoms with Crippen molar-refractivity contribution in [2.75, 3.05) is 5.32 Å². The lowest BCUT2D eigenvalue weighted by Gasteiger charge is -2.16. The minimum Gasteiger partial charge on any atom is -0.506 e. The van der Waals surface area contributed by atoms with Crippen molar-refractivity contribution in [2.45, 2.75) is 33.1 Å². The molecule has 118 valence electrons. The molecule has 0 fully saturated rings. The van der Waals surface area contributed by atoms with Gasteiger partial charge in [-0.2, -0.15) is 0 Å². The average molecular weight is 306 g/mol. The third-order valence-electron chi connectivity index (χ3n) is 4.16. The molecule has 3 nitrogen and oxygen atoms in total. The molecule has 1 heterocycles. The summed E-state index contributed by atoms with van der Waals surface area (Å²) in [5, 5.41) is 14.6. The zero-order valence-corrected chi connectivity index (χ0v) is 13.6. The molecule has 23 heavy (non-hydrogen) atoms. The van der Waals surface area contributed by atoms with Gasteiger partial charge in [-0.25, -0.2) is 0 Å². The summed E-state index contributed by atoms with van der Waals surface area (Å²) < 4.78 is 0. The van der Waals surface area contributed by atoms with E-state index in [-0.39, 0.29) is 5.75 Å². The maximum atomic E-state index is 10.1. The fraction of sp³-hybridized carbons (Fsp3) is 0.250. The molecule has 0 unspecified atom stereocenters. The second kappa shape index (κ2) is 6.69. The van der Waals surface area contributed by atoms with Crippen LogP contribution in [0.1, 0.15) is 30.9 Å². The standard InChI is InChI=1S/C20H22N2O/c1-3-4-9-15-13-21-20-16(10-7-12-18(20)23)19(15)22-17-11-6-5-8-14(17)2/h5-8,10-13,23H,3-4,9H2,1-2H3,(H,21,22). The van der Waals surface area contributed by atoms with Crippen LogP contribution in [0.2, 0.25) is 0 Å². The van der Waals surface area contributed by atoms with Gasteiger partial charge in [0, 0.05) is 17.3 Å². The molecular weight excluding hydrogens is 284 g/mol. The maximum Gasteiger partial charge on any atom is 0.141 e. The molecule has 3 rings (SSSR count). The van der Waals surface area contributed by atoms with Crippen molar-refractivity contribution in [1.29, 1.82) is 0 Å². The zero-order chi connectivity index (χ0) is 16.2. The molecule has 2 aromatic carbocycles. The molecule has 2 N–H and O–H groups in total. The number of nitrogens with zero attached hydrogens (tertiary/aromatic N) is 1. The Kier molecular flexibility index (Phi) is 4.47. The third kappa shape index (κ3) is 3.14. The molecule has 0 radical (unpaired) electrons. The number of hydrogen-bond donors (Lipinski definition) is 2. The van der Waals surface area contributed by atoms with Crippen LogP contribution in [-0.2, 0) is 6.42 Å². The van der Waals surface area contributed by atoms with Gasteiger partial charge in [-0.05, 0) is 43.0 Å². The Labute approximate surface area is 137 Å². The van der Waals surface area contributed by atoms with E-state index in [0.717, 1.165) is 36.0 Å². The zero-order valence-electron chi connectivity index (χ0n) is 13.6. The van der Waals surface area contributed by atoms with Crippen LogP contribution in [0.3, 0.4) is 0 Å². The summed E-state index contributed by atoms with van der Waals surface area (Å²) in [7, 11) is 0. The number of para-hydroxylation sites is 2. The molecule has 1 aromatic heterocycles. The summed E-state index contributed by atoms with van der Waals surface area (Å²) in [4.78, 5) is 4.47. The molecule has 3 aromatic rings. The second-order valence-electron chi connectivity index (χ2n) is 5.88. The van der Waals surface area contributed by atoms with Gasteiger partial charge in [0.05, 0.1) is 5.69 Å². The highest BCUT2D eigenvalue weighted by molar-refractivity contribution is 5.97. The van der Waals surface area contributed by atoms with Crippen molar-refractivity contribution in [3.05, 3.63) is 59.8 Å². The Balaban J connectivity index is 2.14. The summed E-state index contributed by atoms with van der Waals surface area (Å²) in [5.41, 5.74) is 5.16. The Bertz CT molecular complexity index is 827. The summed E-state index contributed by atoms with van der Waals surface area (Å²) >= 11 is 0. The van der Waals surface area contributed by atoms with Gasteiger partial charge >= 0.3 is 0 Å². The van der Waals surface area contributed by atoms with Crippen molar-refractivity contribution >= 4 is 22.3 Å². The van der Waals surface area contributed by atoms with Crippen molar-refractivity contribution < 1.29 is 5.11 Å². The summed E-state index contributed by atoms with van der Waals surface area (Å²) in [5.74, 6) is 0.220. The Morgan fingerprint density at radius 2 is 1.91 bits per heavy atom. The Morgan fingerprint density at radius 1 is 1.09 bits per heavy atom. The van der Waals surface area contributed by atoms with Gasteiger partial charge in [-0.3, -0.25) is 4.98 Å². The first-order chi connectivity index (χ1) is 11.2. The molecule has 0 atom stereocenters. The highest BCUT2D eigenvalue weighted by Crippen LogP contribution is 2.34. The van der Waals surface area contributed by atoms with Crippen LogP contribution in [0.15, 0.2) is 48.7 Å². The number of hydrogen-bond acceptors (Lipinski definition) is 3. The van der Waals surface area contributed by atoms with E-state index in [2.05, 4.69) is 36.3 Å². The van der Waals surface area contributed by atoms with Crippen molar-refractivity contribution in [3.63, 3.8) is 0 Å². The van der Waals surface area contributed by atoms with E-state index in [4.69, 9.17) is 0 Å². The number of benzene rings is 2. The van der Waals surface area contributed by atoms with E-state index in [1.165, 1.54) is 11.1 Å². The number of pyridine rings is 1. The Hall–Kier alpha value is -2.55. The molecule has 0 aliphatic rings. The van der Waals surface area contributed by atoms with Crippen LogP contribution in [0.5, 0.6) is 5.75 Å². The van der Waals surface area contributed by atoms with E-state index in [1.807, 2.05) is 30.5 Å². The van der Waals surface area contributed by atoms with Crippen LogP contribution in [0, 0.1) is 6.92 Å². The Morgan fingerprint density at radius 3 is 2.70 bits per heavy atom. The van der Waals surface area contributed by atoms with Crippen molar-refractivity contribution in [3.8, 4) is 5.75 Å². The minimum atomic E-state index is 0.220. The minimum absolute atomic E-state index is 0.220. The molecule has 0 aliphatic carbocycles. The van der Waals surface area contributed by atoms with Crippen LogP contribution in [0.25, 0.3) is 10.9 Å². The maximum absolute atomic E-state index is 10.1. The fourth-order valence-corrected chi connectivity index (χ4v) is 2.80. The summed E-state index contributed by atoms with van der Waals surface area (Å²) in [6.07, 6.45) is 5.12. The summed E-state index contributed by atoms with van der Waals surface area (Å²) in [6, 6.07) is 13.8. The predicted molar refractivity (Wildman–Crippen MR) is 96.5 cm³/mol. The van der Waals surface area contributed by atoms with E-state index < -0.39 is 0 Å². The number of aromatic nitrogens is 1. The fourth-order valence-electron chi connectivity index (χ4n) is 2.80. The first-order valence-corrected chi connectivity index (χ1v) is 8.13. The molecule has 0 aliphatic heterocycles. The topological polar surface area (TPSA) is 45.2 Å². The summed E-state index contributed by atoms with van der Waals surface area (Å²) in [6.45, 7) is 4.28. The predicted octanol–water partition coefficient (Wildman–Crippen LogP) is 5.34. The molecule has 0 amide bonds. The number of phenols is 1. The molecule has 0 bridgehead atoms. The smallest absolute Gasteiger partial charge is 0.141 e. The van der Waals surface area contributed by atoms with Gasteiger partial charge in [-0.1, -0.05) is 43.7 Å². The monoisotopic (exact) mass is 306 g/mol. The van der Waals surface area contributed by atoms with E-state index >= 15 is 0 Å².